The zero-order valence-corrected chi connectivity index (χ0v) is 15.4. The predicted octanol–water partition coefficient (Wildman–Crippen LogP) is 3.97. The molecule has 0 aliphatic carbocycles. The molecule has 134 valence electrons. The van der Waals surface area contributed by atoms with Gasteiger partial charge in [0.15, 0.2) is 5.65 Å². The second-order valence-corrected chi connectivity index (χ2v) is 6.48. The molecule has 0 saturated heterocycles. The van der Waals surface area contributed by atoms with Crippen LogP contribution in [0, 0.1) is 20.8 Å². The fourth-order valence-corrected chi connectivity index (χ4v) is 3.23. The molecule has 3 heterocycles. The largest absolute Gasteiger partial charge is 0.317 e. The van der Waals surface area contributed by atoms with E-state index >= 15 is 0 Å². The Morgan fingerprint density at radius 1 is 1.07 bits per heavy atom. The molecule has 4 rings (SSSR count). The van der Waals surface area contributed by atoms with Crippen molar-refractivity contribution in [3.8, 4) is 11.3 Å². The number of fused-ring (bicyclic) bond motifs is 1. The van der Waals surface area contributed by atoms with Gasteiger partial charge >= 0.3 is 0 Å². The van der Waals surface area contributed by atoms with E-state index < -0.39 is 0 Å². The van der Waals surface area contributed by atoms with E-state index in [4.69, 9.17) is 0 Å². The standard InChI is InChI=1S/C21H19N5O/c1-13-11-14(2)26-20(24-13)19(12-23-26)25-21(27)17-8-6-7-16(15(17)3)18-9-4-5-10-22-18/h4-12H,1-3H3,(H,25,27). The molecule has 0 fully saturated rings. The van der Waals surface area contributed by atoms with Crippen LogP contribution in [0.1, 0.15) is 27.3 Å². The van der Waals surface area contributed by atoms with Gasteiger partial charge in [0.05, 0.1) is 11.9 Å². The van der Waals surface area contributed by atoms with Gasteiger partial charge < -0.3 is 5.32 Å². The highest BCUT2D eigenvalue weighted by atomic mass is 16.1. The van der Waals surface area contributed by atoms with Gasteiger partial charge in [0, 0.05) is 28.7 Å². The predicted molar refractivity (Wildman–Crippen MR) is 105 cm³/mol. The van der Waals surface area contributed by atoms with Crippen LogP contribution < -0.4 is 5.32 Å². The molecule has 1 aromatic carbocycles. The number of benzene rings is 1. The highest BCUT2D eigenvalue weighted by molar-refractivity contribution is 6.07. The number of hydrogen-bond donors (Lipinski definition) is 1. The Bertz CT molecular complexity index is 1150. The van der Waals surface area contributed by atoms with Gasteiger partial charge in [-0.3, -0.25) is 9.78 Å². The summed E-state index contributed by atoms with van der Waals surface area (Å²) in [5, 5.41) is 7.27. The molecule has 0 aliphatic heterocycles. The van der Waals surface area contributed by atoms with Gasteiger partial charge in [-0.1, -0.05) is 18.2 Å². The Morgan fingerprint density at radius 3 is 2.70 bits per heavy atom. The van der Waals surface area contributed by atoms with Crippen LogP contribution in [0.2, 0.25) is 0 Å². The van der Waals surface area contributed by atoms with E-state index in [-0.39, 0.29) is 5.91 Å². The van der Waals surface area contributed by atoms with Crippen LogP contribution in [0.4, 0.5) is 5.69 Å². The number of hydrogen-bond acceptors (Lipinski definition) is 4. The van der Waals surface area contributed by atoms with Crippen molar-refractivity contribution in [2.24, 2.45) is 0 Å². The summed E-state index contributed by atoms with van der Waals surface area (Å²) in [4.78, 5) is 21.8. The van der Waals surface area contributed by atoms with E-state index in [9.17, 15) is 4.79 Å². The lowest BCUT2D eigenvalue weighted by atomic mass is 9.99. The SMILES string of the molecule is Cc1cc(C)n2ncc(NC(=O)c3cccc(-c4ccccn4)c3C)c2n1. The Morgan fingerprint density at radius 2 is 1.93 bits per heavy atom. The maximum Gasteiger partial charge on any atom is 0.256 e. The molecule has 0 spiro atoms. The Hall–Kier alpha value is -3.54. The summed E-state index contributed by atoms with van der Waals surface area (Å²) in [5.74, 6) is -0.193. The van der Waals surface area contributed by atoms with Gasteiger partial charge in [0.25, 0.3) is 5.91 Å². The van der Waals surface area contributed by atoms with Crippen LogP contribution in [0.5, 0.6) is 0 Å². The number of nitrogens with zero attached hydrogens (tertiary/aromatic N) is 4. The molecule has 0 atom stereocenters. The molecular weight excluding hydrogens is 338 g/mol. The van der Waals surface area contributed by atoms with Gasteiger partial charge in [0.2, 0.25) is 0 Å². The van der Waals surface area contributed by atoms with Crippen LogP contribution in [-0.4, -0.2) is 25.5 Å². The zero-order chi connectivity index (χ0) is 19.0. The molecule has 4 aromatic rings. The number of carbonyl (C=O) groups is 1. The fraction of sp³-hybridized carbons (Fsp3) is 0.143. The summed E-state index contributed by atoms with van der Waals surface area (Å²) in [7, 11) is 0. The fourth-order valence-electron chi connectivity index (χ4n) is 3.23. The van der Waals surface area contributed by atoms with E-state index in [0.717, 1.165) is 28.2 Å². The number of rotatable bonds is 3. The first-order valence-electron chi connectivity index (χ1n) is 8.69. The third-order valence-corrected chi connectivity index (χ3v) is 4.55. The van der Waals surface area contributed by atoms with Crippen molar-refractivity contribution in [2.45, 2.75) is 20.8 Å². The molecule has 27 heavy (non-hydrogen) atoms. The third kappa shape index (κ3) is 3.06. The maximum atomic E-state index is 12.9. The molecule has 3 aromatic heterocycles. The summed E-state index contributed by atoms with van der Waals surface area (Å²) in [6, 6.07) is 13.3. The van der Waals surface area contributed by atoms with Crippen molar-refractivity contribution in [1.82, 2.24) is 19.6 Å². The summed E-state index contributed by atoms with van der Waals surface area (Å²) in [5.41, 5.74) is 6.33. The lowest BCUT2D eigenvalue weighted by molar-refractivity contribution is 0.102. The van der Waals surface area contributed by atoms with Crippen LogP contribution in [0.3, 0.4) is 0 Å². The topological polar surface area (TPSA) is 72.2 Å². The minimum absolute atomic E-state index is 0.193. The molecular formula is C21H19N5O. The molecule has 0 bridgehead atoms. The van der Waals surface area contributed by atoms with Gasteiger partial charge in [-0.05, 0) is 50.6 Å². The maximum absolute atomic E-state index is 12.9. The second-order valence-electron chi connectivity index (χ2n) is 6.48. The van der Waals surface area contributed by atoms with E-state index in [1.165, 1.54) is 0 Å². The van der Waals surface area contributed by atoms with E-state index in [1.807, 2.05) is 63.2 Å². The number of aryl methyl sites for hydroxylation is 2. The Kier molecular flexibility index (Phi) is 4.16. The number of anilines is 1. The van der Waals surface area contributed by atoms with Crippen molar-refractivity contribution in [1.29, 1.82) is 0 Å². The highest BCUT2D eigenvalue weighted by Gasteiger charge is 2.16. The number of nitrogens with one attached hydrogen (secondary N) is 1. The molecule has 0 aliphatic rings. The minimum atomic E-state index is -0.193. The summed E-state index contributed by atoms with van der Waals surface area (Å²) in [6.45, 7) is 5.81. The molecule has 0 unspecified atom stereocenters. The Balaban J connectivity index is 1.71. The van der Waals surface area contributed by atoms with Crippen molar-refractivity contribution in [3.05, 3.63) is 77.4 Å². The quantitative estimate of drug-likeness (QED) is 0.602. The van der Waals surface area contributed by atoms with Crippen LogP contribution in [-0.2, 0) is 0 Å². The average Bonchev–Trinajstić information content (AvgIpc) is 3.05. The van der Waals surface area contributed by atoms with Gasteiger partial charge in [-0.25, -0.2) is 9.50 Å². The minimum Gasteiger partial charge on any atom is -0.317 e. The van der Waals surface area contributed by atoms with Crippen molar-refractivity contribution in [3.63, 3.8) is 0 Å². The number of amides is 1. The van der Waals surface area contributed by atoms with Crippen molar-refractivity contribution >= 4 is 17.2 Å². The third-order valence-electron chi connectivity index (χ3n) is 4.55. The van der Waals surface area contributed by atoms with Gasteiger partial charge in [-0.15, -0.1) is 0 Å². The van der Waals surface area contributed by atoms with E-state index in [1.54, 1.807) is 16.9 Å². The molecule has 0 saturated carbocycles. The van der Waals surface area contributed by atoms with Crippen LogP contribution in [0.15, 0.2) is 54.9 Å². The normalized spacial score (nSPS) is 10.9. The summed E-state index contributed by atoms with van der Waals surface area (Å²) in [6.07, 6.45) is 3.38. The first kappa shape index (κ1) is 16.9. The van der Waals surface area contributed by atoms with Crippen LogP contribution in [0.25, 0.3) is 16.9 Å². The average molecular weight is 357 g/mol. The molecule has 1 amide bonds. The first-order chi connectivity index (χ1) is 13.0. The molecule has 6 nitrogen and oxygen atoms in total. The Labute approximate surface area is 156 Å². The zero-order valence-electron chi connectivity index (χ0n) is 15.4. The van der Waals surface area contributed by atoms with Gasteiger partial charge in [-0.2, -0.15) is 5.10 Å². The summed E-state index contributed by atoms with van der Waals surface area (Å²) >= 11 is 0. The monoisotopic (exact) mass is 357 g/mol. The number of pyridine rings is 1. The van der Waals surface area contributed by atoms with Gasteiger partial charge in [0.1, 0.15) is 5.69 Å². The van der Waals surface area contributed by atoms with E-state index in [0.29, 0.717) is 16.9 Å². The number of aromatic nitrogens is 4. The molecule has 1 N–H and O–H groups in total. The molecule has 0 radical (unpaired) electrons. The first-order valence-corrected chi connectivity index (χ1v) is 8.69. The lowest BCUT2D eigenvalue weighted by Crippen LogP contribution is -2.14. The number of carbonyl (C=O) groups excluding carboxylic acids is 1. The van der Waals surface area contributed by atoms with Crippen molar-refractivity contribution < 1.29 is 4.79 Å². The van der Waals surface area contributed by atoms with E-state index in [2.05, 4.69) is 20.4 Å². The van der Waals surface area contributed by atoms with Crippen molar-refractivity contribution in [2.75, 3.05) is 5.32 Å². The smallest absolute Gasteiger partial charge is 0.256 e. The van der Waals surface area contributed by atoms with Crippen LogP contribution >= 0.6 is 0 Å². The highest BCUT2D eigenvalue weighted by Crippen LogP contribution is 2.25. The second kappa shape index (κ2) is 6.64. The lowest BCUT2D eigenvalue weighted by Gasteiger charge is -2.11. The molecule has 6 heteroatoms. The summed E-state index contributed by atoms with van der Waals surface area (Å²) < 4.78 is 1.72.